The van der Waals surface area contributed by atoms with Gasteiger partial charge >= 0.3 is 0 Å². The largest absolute Gasteiger partial charge is 0.378 e. The van der Waals surface area contributed by atoms with Gasteiger partial charge in [0.25, 0.3) is 0 Å². The number of nitrogens with one attached hydrogen (secondary N) is 1. The Bertz CT molecular complexity index is 607. The van der Waals surface area contributed by atoms with Crippen LogP contribution in [0.5, 0.6) is 0 Å². The molecule has 1 aliphatic carbocycles. The maximum atomic E-state index is 5.62. The van der Waals surface area contributed by atoms with Crippen LogP contribution in [0.15, 0.2) is 34.9 Å². The van der Waals surface area contributed by atoms with E-state index in [1.165, 1.54) is 12.0 Å². The van der Waals surface area contributed by atoms with E-state index >= 15 is 0 Å². The molecule has 0 amide bonds. The molecular weight excluding hydrogens is 302 g/mol. The van der Waals surface area contributed by atoms with Crippen LogP contribution < -0.4 is 5.32 Å². The topological polar surface area (TPSA) is 60.2 Å². The summed E-state index contributed by atoms with van der Waals surface area (Å²) >= 11 is 0. The van der Waals surface area contributed by atoms with Crippen molar-refractivity contribution in [3.63, 3.8) is 0 Å². The van der Waals surface area contributed by atoms with E-state index in [9.17, 15) is 0 Å². The standard InChI is InChI=1S/C16H19N3O2.ClH/c1-2-5-12(6-3-1)16(7-4-8-16)15-18-14(19-21-15)13-11-20-10-9-17-13;/h1-3,5-6,13,17H,4,7-11H2;1H. The molecule has 5 nitrogen and oxygen atoms in total. The number of nitrogens with zero attached hydrogens (tertiary/aromatic N) is 2. The lowest BCUT2D eigenvalue weighted by molar-refractivity contribution is 0.0734. The summed E-state index contributed by atoms with van der Waals surface area (Å²) in [6.45, 7) is 2.19. The van der Waals surface area contributed by atoms with Crippen LogP contribution in [0, 0.1) is 0 Å². The van der Waals surface area contributed by atoms with Crippen molar-refractivity contribution in [3.8, 4) is 0 Å². The van der Waals surface area contributed by atoms with Crippen molar-refractivity contribution in [2.24, 2.45) is 0 Å². The predicted molar refractivity (Wildman–Crippen MR) is 84.2 cm³/mol. The maximum Gasteiger partial charge on any atom is 0.237 e. The van der Waals surface area contributed by atoms with E-state index < -0.39 is 0 Å². The highest BCUT2D eigenvalue weighted by molar-refractivity contribution is 5.85. The van der Waals surface area contributed by atoms with Gasteiger partial charge in [-0.3, -0.25) is 0 Å². The molecule has 1 saturated heterocycles. The molecule has 6 heteroatoms. The smallest absolute Gasteiger partial charge is 0.237 e. The molecule has 1 saturated carbocycles. The van der Waals surface area contributed by atoms with Crippen molar-refractivity contribution in [1.82, 2.24) is 15.5 Å². The molecule has 2 aliphatic rings. The normalized spacial score (nSPS) is 23.4. The zero-order chi connectivity index (χ0) is 14.1. The van der Waals surface area contributed by atoms with Crippen LogP contribution >= 0.6 is 12.4 Å². The Morgan fingerprint density at radius 3 is 2.64 bits per heavy atom. The van der Waals surface area contributed by atoms with Crippen molar-refractivity contribution in [3.05, 3.63) is 47.6 Å². The van der Waals surface area contributed by atoms with Gasteiger partial charge in [-0.1, -0.05) is 41.9 Å². The van der Waals surface area contributed by atoms with E-state index in [2.05, 4.69) is 39.7 Å². The molecule has 2 fully saturated rings. The van der Waals surface area contributed by atoms with Gasteiger partial charge < -0.3 is 14.6 Å². The van der Waals surface area contributed by atoms with Gasteiger partial charge in [0.15, 0.2) is 5.82 Å². The number of morpholine rings is 1. The number of ether oxygens (including phenoxy) is 1. The molecule has 2 aromatic rings. The Morgan fingerprint density at radius 2 is 2.00 bits per heavy atom. The maximum absolute atomic E-state index is 5.62. The Hall–Kier alpha value is -1.43. The SMILES string of the molecule is Cl.c1ccc(C2(c3nc(C4COCCN4)no3)CCC2)cc1. The average Bonchev–Trinajstić information content (AvgIpc) is 2.98. The monoisotopic (exact) mass is 321 g/mol. The quantitative estimate of drug-likeness (QED) is 0.941. The predicted octanol–water partition coefficient (Wildman–Crippen LogP) is 2.62. The van der Waals surface area contributed by atoms with Gasteiger partial charge in [-0.25, -0.2) is 0 Å². The summed E-state index contributed by atoms with van der Waals surface area (Å²) < 4.78 is 11.1. The van der Waals surface area contributed by atoms with Gasteiger partial charge in [-0.05, 0) is 18.4 Å². The van der Waals surface area contributed by atoms with Crippen LogP contribution in [0.25, 0.3) is 0 Å². The third-order valence-corrected chi connectivity index (χ3v) is 4.62. The minimum atomic E-state index is -0.0813. The summed E-state index contributed by atoms with van der Waals surface area (Å²) in [6.07, 6.45) is 3.36. The molecule has 118 valence electrons. The van der Waals surface area contributed by atoms with E-state index in [4.69, 9.17) is 9.26 Å². The molecule has 1 N–H and O–H groups in total. The first kappa shape index (κ1) is 15.5. The fourth-order valence-corrected chi connectivity index (χ4v) is 3.22. The Balaban J connectivity index is 0.00000144. The van der Waals surface area contributed by atoms with E-state index in [-0.39, 0.29) is 23.9 Å². The summed E-state index contributed by atoms with van der Waals surface area (Å²) in [7, 11) is 0. The molecule has 1 aromatic heterocycles. The van der Waals surface area contributed by atoms with Crippen molar-refractivity contribution in [2.75, 3.05) is 19.8 Å². The van der Waals surface area contributed by atoms with Crippen LogP contribution in [0.4, 0.5) is 0 Å². The summed E-state index contributed by atoms with van der Waals surface area (Å²) in [5.74, 6) is 1.47. The lowest BCUT2D eigenvalue weighted by Crippen LogP contribution is -2.37. The number of benzene rings is 1. The first-order valence-corrected chi connectivity index (χ1v) is 7.59. The molecule has 2 heterocycles. The van der Waals surface area contributed by atoms with Crippen LogP contribution in [0.1, 0.15) is 42.6 Å². The Morgan fingerprint density at radius 1 is 1.18 bits per heavy atom. The molecule has 0 radical (unpaired) electrons. The highest BCUT2D eigenvalue weighted by Crippen LogP contribution is 2.48. The molecule has 22 heavy (non-hydrogen) atoms. The first-order valence-electron chi connectivity index (χ1n) is 7.59. The fraction of sp³-hybridized carbons (Fsp3) is 0.500. The van der Waals surface area contributed by atoms with Crippen LogP contribution in [-0.2, 0) is 10.2 Å². The van der Waals surface area contributed by atoms with Crippen molar-refractivity contribution < 1.29 is 9.26 Å². The molecule has 0 bridgehead atoms. The molecule has 0 spiro atoms. The van der Waals surface area contributed by atoms with E-state index in [1.807, 2.05) is 6.07 Å². The summed E-state index contributed by atoms with van der Waals surface area (Å²) in [4.78, 5) is 4.68. The molecule has 1 atom stereocenters. The van der Waals surface area contributed by atoms with Crippen LogP contribution in [0.2, 0.25) is 0 Å². The van der Waals surface area contributed by atoms with Gasteiger partial charge in [0.2, 0.25) is 5.89 Å². The summed E-state index contributed by atoms with van der Waals surface area (Å²) in [5.41, 5.74) is 1.20. The highest BCUT2D eigenvalue weighted by Gasteiger charge is 2.45. The second-order valence-corrected chi connectivity index (χ2v) is 5.84. The fourth-order valence-electron chi connectivity index (χ4n) is 3.22. The van der Waals surface area contributed by atoms with Crippen molar-refractivity contribution >= 4 is 12.4 Å². The number of hydrogen-bond donors (Lipinski definition) is 1. The number of hydrogen-bond acceptors (Lipinski definition) is 5. The first-order chi connectivity index (χ1) is 10.4. The lowest BCUT2D eigenvalue weighted by atomic mass is 9.64. The van der Waals surface area contributed by atoms with E-state index in [0.29, 0.717) is 12.4 Å². The number of rotatable bonds is 3. The number of halogens is 1. The van der Waals surface area contributed by atoms with E-state index in [0.717, 1.165) is 31.9 Å². The van der Waals surface area contributed by atoms with Gasteiger partial charge in [0.05, 0.1) is 24.7 Å². The third kappa shape index (κ3) is 2.53. The van der Waals surface area contributed by atoms with Gasteiger partial charge in [0.1, 0.15) is 0 Å². The molecular formula is C16H20ClN3O2. The lowest BCUT2D eigenvalue weighted by Gasteiger charge is -2.38. The minimum Gasteiger partial charge on any atom is -0.378 e. The van der Waals surface area contributed by atoms with Gasteiger partial charge in [0, 0.05) is 6.54 Å². The zero-order valence-corrected chi connectivity index (χ0v) is 13.1. The van der Waals surface area contributed by atoms with Crippen molar-refractivity contribution in [1.29, 1.82) is 0 Å². The third-order valence-electron chi connectivity index (χ3n) is 4.62. The molecule has 4 rings (SSSR count). The summed E-state index contributed by atoms with van der Waals surface area (Å²) in [6, 6.07) is 10.5. The summed E-state index contributed by atoms with van der Waals surface area (Å²) in [5, 5.41) is 7.55. The number of aromatic nitrogens is 2. The highest BCUT2D eigenvalue weighted by atomic mass is 35.5. The average molecular weight is 322 g/mol. The second-order valence-electron chi connectivity index (χ2n) is 5.84. The van der Waals surface area contributed by atoms with Gasteiger partial charge in [-0.2, -0.15) is 4.98 Å². The second kappa shape index (κ2) is 6.36. The zero-order valence-electron chi connectivity index (χ0n) is 12.3. The molecule has 1 aliphatic heterocycles. The molecule has 1 aromatic carbocycles. The van der Waals surface area contributed by atoms with Crippen LogP contribution in [0.3, 0.4) is 0 Å². The van der Waals surface area contributed by atoms with Crippen LogP contribution in [-0.4, -0.2) is 29.9 Å². The minimum absolute atomic E-state index is 0. The van der Waals surface area contributed by atoms with Crippen molar-refractivity contribution in [2.45, 2.75) is 30.7 Å². The van der Waals surface area contributed by atoms with E-state index in [1.54, 1.807) is 0 Å². The van der Waals surface area contributed by atoms with Gasteiger partial charge in [-0.15, -0.1) is 12.4 Å². The Kier molecular flexibility index (Phi) is 4.47. The Labute approximate surface area is 135 Å². The molecule has 1 unspecified atom stereocenters.